The SMILES string of the molecule is C1CCCCCC(NC2CCCCCCC2)CCCC1. The van der Waals surface area contributed by atoms with E-state index in [1.54, 1.807) is 0 Å². The van der Waals surface area contributed by atoms with E-state index in [1.807, 2.05) is 0 Å². The molecular weight excluding hydrogens is 242 g/mol. The van der Waals surface area contributed by atoms with Crippen molar-refractivity contribution in [3.05, 3.63) is 0 Å². The summed E-state index contributed by atoms with van der Waals surface area (Å²) in [6.45, 7) is 0. The third kappa shape index (κ3) is 7.11. The summed E-state index contributed by atoms with van der Waals surface area (Å²) in [5, 5.41) is 4.06. The largest absolute Gasteiger partial charge is 0.311 e. The van der Waals surface area contributed by atoms with Crippen LogP contribution in [0.2, 0.25) is 0 Å². The molecule has 1 heteroatoms. The molecule has 0 bridgehead atoms. The van der Waals surface area contributed by atoms with E-state index >= 15 is 0 Å². The van der Waals surface area contributed by atoms with E-state index in [-0.39, 0.29) is 0 Å². The zero-order valence-electron chi connectivity index (χ0n) is 13.7. The smallest absolute Gasteiger partial charge is 0.00696 e. The van der Waals surface area contributed by atoms with Gasteiger partial charge in [0.15, 0.2) is 0 Å². The van der Waals surface area contributed by atoms with Gasteiger partial charge in [-0.1, -0.05) is 83.5 Å². The number of rotatable bonds is 2. The summed E-state index contributed by atoms with van der Waals surface area (Å²) in [6, 6.07) is 1.67. The molecule has 0 aromatic carbocycles. The maximum atomic E-state index is 4.06. The van der Waals surface area contributed by atoms with Crippen LogP contribution in [0.4, 0.5) is 0 Å². The predicted molar refractivity (Wildman–Crippen MR) is 89.2 cm³/mol. The molecular formula is C19H37N. The van der Waals surface area contributed by atoms with Crippen LogP contribution in [0.1, 0.15) is 109 Å². The van der Waals surface area contributed by atoms with Gasteiger partial charge in [0.05, 0.1) is 0 Å². The second-order valence-corrected chi connectivity index (χ2v) is 7.31. The Hall–Kier alpha value is -0.0400. The Morgan fingerprint density at radius 3 is 0.900 bits per heavy atom. The van der Waals surface area contributed by atoms with Gasteiger partial charge < -0.3 is 5.32 Å². The molecule has 2 rings (SSSR count). The first-order valence-electron chi connectivity index (χ1n) is 9.71. The van der Waals surface area contributed by atoms with E-state index in [9.17, 15) is 0 Å². The summed E-state index contributed by atoms with van der Waals surface area (Å²) >= 11 is 0. The summed E-state index contributed by atoms with van der Waals surface area (Å²) in [6.07, 6.45) is 24.9. The summed E-state index contributed by atoms with van der Waals surface area (Å²) in [4.78, 5) is 0. The van der Waals surface area contributed by atoms with E-state index in [0.717, 1.165) is 12.1 Å². The van der Waals surface area contributed by atoms with Crippen molar-refractivity contribution in [1.29, 1.82) is 0 Å². The number of nitrogens with one attached hydrogen (secondary N) is 1. The topological polar surface area (TPSA) is 12.0 Å². The molecule has 0 amide bonds. The van der Waals surface area contributed by atoms with Crippen LogP contribution in [0.25, 0.3) is 0 Å². The molecule has 2 fully saturated rings. The highest BCUT2D eigenvalue weighted by atomic mass is 14.9. The highest BCUT2D eigenvalue weighted by molar-refractivity contribution is 4.76. The second-order valence-electron chi connectivity index (χ2n) is 7.31. The minimum atomic E-state index is 0.831. The molecule has 2 aliphatic carbocycles. The van der Waals surface area contributed by atoms with Gasteiger partial charge in [0, 0.05) is 12.1 Å². The van der Waals surface area contributed by atoms with Gasteiger partial charge in [0.25, 0.3) is 0 Å². The van der Waals surface area contributed by atoms with Crippen molar-refractivity contribution in [2.75, 3.05) is 0 Å². The zero-order chi connectivity index (χ0) is 13.9. The average molecular weight is 280 g/mol. The highest BCUT2D eigenvalue weighted by Crippen LogP contribution is 2.21. The van der Waals surface area contributed by atoms with Crippen LogP contribution < -0.4 is 5.32 Å². The minimum Gasteiger partial charge on any atom is -0.311 e. The van der Waals surface area contributed by atoms with E-state index in [4.69, 9.17) is 0 Å². The monoisotopic (exact) mass is 279 g/mol. The summed E-state index contributed by atoms with van der Waals surface area (Å²) in [5.41, 5.74) is 0. The van der Waals surface area contributed by atoms with Crippen molar-refractivity contribution in [1.82, 2.24) is 5.32 Å². The molecule has 0 aliphatic heterocycles. The lowest BCUT2D eigenvalue weighted by molar-refractivity contribution is 0.322. The lowest BCUT2D eigenvalue weighted by Gasteiger charge is -2.27. The Morgan fingerprint density at radius 2 is 0.600 bits per heavy atom. The van der Waals surface area contributed by atoms with Crippen LogP contribution in [0.5, 0.6) is 0 Å². The van der Waals surface area contributed by atoms with Crippen LogP contribution in [0.3, 0.4) is 0 Å². The van der Waals surface area contributed by atoms with Crippen molar-refractivity contribution >= 4 is 0 Å². The maximum Gasteiger partial charge on any atom is 0.00696 e. The Morgan fingerprint density at radius 1 is 0.350 bits per heavy atom. The molecule has 0 unspecified atom stereocenters. The zero-order valence-corrected chi connectivity index (χ0v) is 13.7. The van der Waals surface area contributed by atoms with E-state index in [2.05, 4.69) is 5.32 Å². The molecule has 20 heavy (non-hydrogen) atoms. The molecule has 0 aromatic heterocycles. The first-order chi connectivity index (χ1) is 9.95. The van der Waals surface area contributed by atoms with Crippen molar-refractivity contribution in [2.24, 2.45) is 0 Å². The van der Waals surface area contributed by atoms with Crippen LogP contribution >= 0.6 is 0 Å². The first-order valence-corrected chi connectivity index (χ1v) is 9.71. The first kappa shape index (κ1) is 16.3. The maximum absolute atomic E-state index is 4.06. The van der Waals surface area contributed by atoms with Crippen LogP contribution in [-0.2, 0) is 0 Å². The van der Waals surface area contributed by atoms with Gasteiger partial charge in [0.2, 0.25) is 0 Å². The average Bonchev–Trinajstić information content (AvgIpc) is 2.47. The molecule has 0 saturated heterocycles. The normalized spacial score (nSPS) is 26.4. The molecule has 0 aromatic rings. The summed E-state index contributed by atoms with van der Waals surface area (Å²) in [5.74, 6) is 0. The molecule has 2 saturated carbocycles. The molecule has 0 radical (unpaired) electrons. The molecule has 1 nitrogen and oxygen atoms in total. The summed E-state index contributed by atoms with van der Waals surface area (Å²) < 4.78 is 0. The predicted octanol–water partition coefficient (Wildman–Crippen LogP) is 5.97. The highest BCUT2D eigenvalue weighted by Gasteiger charge is 2.16. The van der Waals surface area contributed by atoms with Crippen molar-refractivity contribution in [2.45, 2.75) is 121 Å². The number of hydrogen-bond acceptors (Lipinski definition) is 1. The molecule has 2 aliphatic rings. The molecule has 1 N–H and O–H groups in total. The van der Waals surface area contributed by atoms with Gasteiger partial charge in [0.1, 0.15) is 0 Å². The molecule has 0 atom stereocenters. The summed E-state index contributed by atoms with van der Waals surface area (Å²) in [7, 11) is 0. The van der Waals surface area contributed by atoms with Crippen molar-refractivity contribution in [3.8, 4) is 0 Å². The van der Waals surface area contributed by atoms with Gasteiger partial charge >= 0.3 is 0 Å². The van der Waals surface area contributed by atoms with Gasteiger partial charge in [-0.05, 0) is 25.7 Å². The third-order valence-electron chi connectivity index (χ3n) is 5.43. The van der Waals surface area contributed by atoms with Crippen LogP contribution in [0, 0.1) is 0 Å². The Balaban J connectivity index is 1.73. The van der Waals surface area contributed by atoms with Gasteiger partial charge in [-0.15, -0.1) is 0 Å². The lowest BCUT2D eigenvalue weighted by atomic mass is 9.94. The number of hydrogen-bond donors (Lipinski definition) is 1. The van der Waals surface area contributed by atoms with E-state index in [0.29, 0.717) is 0 Å². The van der Waals surface area contributed by atoms with E-state index < -0.39 is 0 Å². The van der Waals surface area contributed by atoms with Gasteiger partial charge in [-0.3, -0.25) is 0 Å². The van der Waals surface area contributed by atoms with Crippen molar-refractivity contribution in [3.63, 3.8) is 0 Å². The van der Waals surface area contributed by atoms with Crippen molar-refractivity contribution < 1.29 is 0 Å². The van der Waals surface area contributed by atoms with Gasteiger partial charge in [-0.2, -0.15) is 0 Å². The fourth-order valence-corrected chi connectivity index (χ4v) is 4.11. The van der Waals surface area contributed by atoms with Crippen LogP contribution in [0.15, 0.2) is 0 Å². The molecule has 118 valence electrons. The Bertz CT molecular complexity index is 206. The Labute approximate surface area is 127 Å². The third-order valence-corrected chi connectivity index (χ3v) is 5.43. The molecule has 0 heterocycles. The fraction of sp³-hybridized carbons (Fsp3) is 1.00. The minimum absolute atomic E-state index is 0.831. The lowest BCUT2D eigenvalue weighted by Crippen LogP contribution is -2.38. The quantitative estimate of drug-likeness (QED) is 0.656. The standard InChI is InChI=1S/C19H37N/c1-2-4-7-11-15-18(14-10-6-3-1)20-19-16-12-8-5-9-13-17-19/h18-20H,1-17H2. The van der Waals surface area contributed by atoms with Gasteiger partial charge in [-0.25, -0.2) is 0 Å². The fourth-order valence-electron chi connectivity index (χ4n) is 4.11. The van der Waals surface area contributed by atoms with Crippen LogP contribution in [-0.4, -0.2) is 12.1 Å². The molecule has 0 spiro atoms. The Kier molecular flexibility index (Phi) is 8.70. The second kappa shape index (κ2) is 10.7. The van der Waals surface area contributed by atoms with E-state index in [1.165, 1.54) is 109 Å².